The molecule has 0 heterocycles. The molecule has 296 valence electrons. The summed E-state index contributed by atoms with van der Waals surface area (Å²) in [5.41, 5.74) is 17.5. The van der Waals surface area contributed by atoms with Gasteiger partial charge in [0.05, 0.1) is 11.4 Å². The van der Waals surface area contributed by atoms with Crippen LogP contribution in [0.5, 0.6) is 0 Å². The Morgan fingerprint density at radius 2 is 0.667 bits per heavy atom. The zero-order valence-corrected chi connectivity index (χ0v) is 34.8. The summed E-state index contributed by atoms with van der Waals surface area (Å²) in [6.07, 6.45) is 0. The van der Waals surface area contributed by atoms with Gasteiger partial charge in [0.2, 0.25) is 0 Å². The highest BCUT2D eigenvalue weighted by Crippen LogP contribution is 2.51. The van der Waals surface area contributed by atoms with Crippen molar-refractivity contribution in [1.82, 2.24) is 0 Å². The number of rotatable bonds is 9. The van der Waals surface area contributed by atoms with Gasteiger partial charge in [-0.1, -0.05) is 231 Å². The van der Waals surface area contributed by atoms with Crippen molar-refractivity contribution >= 4 is 38.6 Å². The topological polar surface area (TPSA) is 3.24 Å². The van der Waals surface area contributed by atoms with Crippen molar-refractivity contribution in [2.75, 3.05) is 4.90 Å². The predicted octanol–water partition coefficient (Wildman–Crippen LogP) is 17.5. The first kappa shape index (κ1) is 37.7. The molecule has 0 unspecified atom stereocenters. The molecule has 11 rings (SSSR count). The van der Waals surface area contributed by atoms with Gasteiger partial charge >= 0.3 is 0 Å². The lowest BCUT2D eigenvalue weighted by atomic mass is 9.84. The minimum Gasteiger partial charge on any atom is -0.309 e. The molecule has 0 saturated heterocycles. The summed E-state index contributed by atoms with van der Waals surface area (Å²) in [6, 6.07) is 94.8. The molecule has 11 aromatic carbocycles. The van der Waals surface area contributed by atoms with E-state index in [2.05, 4.69) is 266 Å². The van der Waals surface area contributed by atoms with Crippen LogP contribution in [0.4, 0.5) is 17.1 Å². The normalized spacial score (nSPS) is 11.2. The Bertz CT molecular complexity index is 3340. The molecule has 0 fully saturated rings. The maximum atomic E-state index is 2.52. The second-order valence-corrected chi connectivity index (χ2v) is 16.0. The predicted molar refractivity (Wildman–Crippen MR) is 269 cm³/mol. The van der Waals surface area contributed by atoms with Crippen LogP contribution in [-0.4, -0.2) is 0 Å². The number of fused-ring (bicyclic) bond motifs is 3. The first-order valence-electron chi connectivity index (χ1n) is 21.7. The van der Waals surface area contributed by atoms with Crippen LogP contribution >= 0.6 is 0 Å². The lowest BCUT2D eigenvalue weighted by Gasteiger charge is -2.31. The van der Waals surface area contributed by atoms with Crippen LogP contribution in [0.25, 0.3) is 88.3 Å². The minimum atomic E-state index is 1.07. The van der Waals surface area contributed by atoms with E-state index in [-0.39, 0.29) is 0 Å². The lowest BCUT2D eigenvalue weighted by molar-refractivity contribution is 1.30. The SMILES string of the molecule is c1ccc(-c2ccc(N(c3ccc(-c4ccccc4)c(-c4ccccc4)c3)c3cccc4c(-c5ccccc5)c(-c5ccccc5)c5ccccc5c34)c(-c3ccccc3)c2)cc1. The van der Waals surface area contributed by atoms with Crippen LogP contribution < -0.4 is 4.90 Å². The van der Waals surface area contributed by atoms with E-state index < -0.39 is 0 Å². The van der Waals surface area contributed by atoms with Gasteiger partial charge in [-0.3, -0.25) is 0 Å². The summed E-state index contributed by atoms with van der Waals surface area (Å²) in [5.74, 6) is 0. The van der Waals surface area contributed by atoms with Crippen molar-refractivity contribution in [2.45, 2.75) is 0 Å². The standard InChI is InChI=1S/C62H43N/c1-7-22-44(23-8-1)50-38-41-58(57(42-50)47-28-13-4-14-29-47)63(51-39-40-52(45-24-9-2-10-25-45)56(43-51)46-26-11-3-12-27-46)59-37-21-36-55-61(49-32-17-6-18-33-49)60(48-30-15-5-16-31-48)53-34-19-20-35-54(53)62(55)59/h1-43H. The van der Waals surface area contributed by atoms with Crippen LogP contribution in [0.2, 0.25) is 0 Å². The van der Waals surface area contributed by atoms with Gasteiger partial charge in [-0.05, 0) is 108 Å². The van der Waals surface area contributed by atoms with Crippen LogP contribution in [0, 0.1) is 0 Å². The molecule has 1 nitrogen and oxygen atoms in total. The molecule has 63 heavy (non-hydrogen) atoms. The summed E-state index contributed by atoms with van der Waals surface area (Å²) >= 11 is 0. The minimum absolute atomic E-state index is 1.07. The Morgan fingerprint density at radius 3 is 1.24 bits per heavy atom. The molecule has 0 aliphatic heterocycles. The molecular weight excluding hydrogens is 759 g/mol. The van der Waals surface area contributed by atoms with Gasteiger partial charge in [-0.2, -0.15) is 0 Å². The average Bonchev–Trinajstić information content (AvgIpc) is 3.37. The molecule has 0 atom stereocenters. The van der Waals surface area contributed by atoms with E-state index in [1.807, 2.05) is 0 Å². The van der Waals surface area contributed by atoms with Crippen molar-refractivity contribution in [3.05, 3.63) is 261 Å². The molecule has 0 aliphatic rings. The highest BCUT2D eigenvalue weighted by atomic mass is 15.1. The van der Waals surface area contributed by atoms with Gasteiger partial charge in [0.1, 0.15) is 0 Å². The zero-order chi connectivity index (χ0) is 42.0. The van der Waals surface area contributed by atoms with E-state index in [4.69, 9.17) is 0 Å². The maximum absolute atomic E-state index is 2.52. The van der Waals surface area contributed by atoms with Crippen molar-refractivity contribution in [1.29, 1.82) is 0 Å². The van der Waals surface area contributed by atoms with E-state index in [9.17, 15) is 0 Å². The average molecular weight is 802 g/mol. The Morgan fingerprint density at radius 1 is 0.222 bits per heavy atom. The number of anilines is 3. The number of nitrogens with zero attached hydrogens (tertiary/aromatic N) is 1. The zero-order valence-electron chi connectivity index (χ0n) is 34.8. The molecule has 1 heteroatoms. The number of benzene rings is 11. The second-order valence-electron chi connectivity index (χ2n) is 16.0. The van der Waals surface area contributed by atoms with Crippen LogP contribution in [0.3, 0.4) is 0 Å². The molecule has 0 spiro atoms. The Hall–Kier alpha value is -8.26. The Kier molecular flexibility index (Phi) is 9.97. The van der Waals surface area contributed by atoms with Gasteiger partial charge in [0.15, 0.2) is 0 Å². The molecule has 0 radical (unpaired) electrons. The molecular formula is C62H43N. The van der Waals surface area contributed by atoms with Crippen LogP contribution in [-0.2, 0) is 0 Å². The maximum Gasteiger partial charge on any atom is 0.0546 e. The molecule has 0 amide bonds. The Balaban J connectivity index is 1.28. The highest BCUT2D eigenvalue weighted by molar-refractivity contribution is 6.25. The second kappa shape index (κ2) is 16.7. The van der Waals surface area contributed by atoms with Crippen molar-refractivity contribution in [2.24, 2.45) is 0 Å². The third-order valence-electron chi connectivity index (χ3n) is 12.3. The number of hydrogen-bond acceptors (Lipinski definition) is 1. The smallest absolute Gasteiger partial charge is 0.0546 e. The molecule has 11 aromatic rings. The van der Waals surface area contributed by atoms with E-state index in [1.54, 1.807) is 0 Å². The first-order valence-corrected chi connectivity index (χ1v) is 21.7. The van der Waals surface area contributed by atoms with E-state index in [0.717, 1.165) is 28.2 Å². The van der Waals surface area contributed by atoms with Gasteiger partial charge in [0.25, 0.3) is 0 Å². The quantitative estimate of drug-likeness (QED) is 0.131. The van der Waals surface area contributed by atoms with Crippen LogP contribution in [0.1, 0.15) is 0 Å². The lowest BCUT2D eigenvalue weighted by Crippen LogP contribution is -2.12. The fourth-order valence-corrected chi connectivity index (χ4v) is 9.41. The van der Waals surface area contributed by atoms with Crippen molar-refractivity contribution < 1.29 is 0 Å². The molecule has 0 bridgehead atoms. The summed E-state index contributed by atoms with van der Waals surface area (Å²) in [5, 5.41) is 4.83. The summed E-state index contributed by atoms with van der Waals surface area (Å²) in [4.78, 5) is 2.52. The summed E-state index contributed by atoms with van der Waals surface area (Å²) in [6.45, 7) is 0. The fraction of sp³-hybridized carbons (Fsp3) is 0. The fourth-order valence-electron chi connectivity index (χ4n) is 9.41. The van der Waals surface area contributed by atoms with Gasteiger partial charge < -0.3 is 4.90 Å². The summed E-state index contributed by atoms with van der Waals surface area (Å²) < 4.78 is 0. The third-order valence-corrected chi connectivity index (χ3v) is 12.3. The first-order chi connectivity index (χ1) is 31.3. The third kappa shape index (κ3) is 7.06. The van der Waals surface area contributed by atoms with E-state index >= 15 is 0 Å². The van der Waals surface area contributed by atoms with Crippen molar-refractivity contribution in [3.8, 4) is 66.8 Å². The van der Waals surface area contributed by atoms with Gasteiger partial charge in [-0.15, -0.1) is 0 Å². The van der Waals surface area contributed by atoms with Gasteiger partial charge in [0, 0.05) is 16.6 Å². The highest BCUT2D eigenvalue weighted by Gasteiger charge is 2.25. The van der Waals surface area contributed by atoms with E-state index in [1.165, 1.54) is 77.2 Å². The van der Waals surface area contributed by atoms with Crippen LogP contribution in [0.15, 0.2) is 261 Å². The summed E-state index contributed by atoms with van der Waals surface area (Å²) in [7, 11) is 0. The van der Waals surface area contributed by atoms with Crippen molar-refractivity contribution in [3.63, 3.8) is 0 Å². The monoisotopic (exact) mass is 801 g/mol. The molecule has 0 aromatic heterocycles. The van der Waals surface area contributed by atoms with Gasteiger partial charge in [-0.25, -0.2) is 0 Å². The number of hydrogen-bond donors (Lipinski definition) is 0. The largest absolute Gasteiger partial charge is 0.309 e. The molecule has 0 aliphatic carbocycles. The molecule has 0 saturated carbocycles. The van der Waals surface area contributed by atoms with E-state index in [0.29, 0.717) is 0 Å². The Labute approximate surface area is 369 Å². The molecule has 0 N–H and O–H groups in total.